The number of aromatic nitrogens is 1. The number of rotatable bonds is 1. The van der Waals surface area contributed by atoms with Gasteiger partial charge in [0.25, 0.3) is 0 Å². The van der Waals surface area contributed by atoms with E-state index in [2.05, 4.69) is 114 Å². The molecule has 2 heteroatoms. The second-order valence-electron chi connectivity index (χ2n) is 10.4. The first kappa shape index (κ1) is 19.2. The van der Waals surface area contributed by atoms with Gasteiger partial charge in [-0.3, -0.25) is 4.99 Å². The molecule has 2 heterocycles. The van der Waals surface area contributed by atoms with Gasteiger partial charge in [0.2, 0.25) is 0 Å². The van der Waals surface area contributed by atoms with Crippen LogP contribution in [-0.4, -0.2) is 10.8 Å². The fourth-order valence-electron chi connectivity index (χ4n) is 6.56. The summed E-state index contributed by atoms with van der Waals surface area (Å²) in [7, 11) is 0. The fourth-order valence-corrected chi connectivity index (χ4v) is 6.56. The van der Waals surface area contributed by atoms with Gasteiger partial charge in [-0.25, -0.2) is 0 Å². The lowest BCUT2D eigenvalue weighted by Gasteiger charge is -2.21. The standard InChI is InChI=1S/C33H24N2/c1-33(2)26-15-14-20-8-3-4-9-21(20)32(26)25-19-31-24(18-27(25)33)22-10-5-6-12-29(22)35(31)30-13-7-11-28-23(30)16-17-34-28/h3-15,17-19H,16H2,1-2H3. The van der Waals surface area contributed by atoms with Crippen molar-refractivity contribution in [3.8, 4) is 16.8 Å². The van der Waals surface area contributed by atoms with Crippen LogP contribution in [0.4, 0.5) is 5.69 Å². The maximum atomic E-state index is 4.63. The van der Waals surface area contributed by atoms with Crippen molar-refractivity contribution >= 4 is 44.5 Å². The molecule has 1 aliphatic heterocycles. The van der Waals surface area contributed by atoms with E-state index in [1.165, 1.54) is 66.1 Å². The van der Waals surface area contributed by atoms with Crippen molar-refractivity contribution < 1.29 is 0 Å². The zero-order chi connectivity index (χ0) is 23.3. The quantitative estimate of drug-likeness (QED) is 0.240. The van der Waals surface area contributed by atoms with Crippen LogP contribution in [-0.2, 0) is 11.8 Å². The molecule has 0 saturated carbocycles. The smallest absolute Gasteiger partial charge is 0.0682 e. The molecule has 8 rings (SSSR count). The third-order valence-corrected chi connectivity index (χ3v) is 8.25. The Balaban J connectivity index is 1.54. The summed E-state index contributed by atoms with van der Waals surface area (Å²) in [6.07, 6.45) is 2.91. The van der Waals surface area contributed by atoms with Crippen LogP contribution in [0.1, 0.15) is 30.5 Å². The highest BCUT2D eigenvalue weighted by atomic mass is 15.0. The monoisotopic (exact) mass is 448 g/mol. The van der Waals surface area contributed by atoms with Crippen molar-refractivity contribution in [2.75, 3.05) is 0 Å². The van der Waals surface area contributed by atoms with Crippen LogP contribution in [0.15, 0.2) is 96.0 Å². The first-order chi connectivity index (χ1) is 17.1. The summed E-state index contributed by atoms with van der Waals surface area (Å²) in [6.45, 7) is 4.75. The Hall–Kier alpha value is -4.17. The van der Waals surface area contributed by atoms with Crippen molar-refractivity contribution in [1.82, 2.24) is 4.57 Å². The van der Waals surface area contributed by atoms with Crippen LogP contribution in [0.25, 0.3) is 49.4 Å². The van der Waals surface area contributed by atoms with Gasteiger partial charge in [-0.1, -0.05) is 74.5 Å². The minimum atomic E-state index is -0.0477. The molecule has 0 saturated heterocycles. The Morgan fingerprint density at radius 1 is 0.714 bits per heavy atom. The van der Waals surface area contributed by atoms with Crippen LogP contribution < -0.4 is 0 Å². The van der Waals surface area contributed by atoms with Gasteiger partial charge >= 0.3 is 0 Å². The predicted octanol–water partition coefficient (Wildman–Crippen LogP) is 8.50. The molecule has 5 aromatic carbocycles. The minimum Gasteiger partial charge on any atom is -0.309 e. The van der Waals surface area contributed by atoms with Crippen LogP contribution in [0.5, 0.6) is 0 Å². The second kappa shape index (κ2) is 6.49. The fraction of sp³-hybridized carbons (Fsp3) is 0.121. The summed E-state index contributed by atoms with van der Waals surface area (Å²) < 4.78 is 2.47. The van der Waals surface area contributed by atoms with Crippen molar-refractivity contribution in [3.05, 3.63) is 108 Å². The highest BCUT2D eigenvalue weighted by Crippen LogP contribution is 2.53. The zero-order valence-electron chi connectivity index (χ0n) is 19.8. The van der Waals surface area contributed by atoms with Crippen molar-refractivity contribution in [1.29, 1.82) is 0 Å². The molecule has 0 atom stereocenters. The average molecular weight is 449 g/mol. The predicted molar refractivity (Wildman–Crippen MR) is 148 cm³/mol. The second-order valence-corrected chi connectivity index (χ2v) is 10.4. The molecule has 0 fully saturated rings. The Morgan fingerprint density at radius 2 is 1.54 bits per heavy atom. The summed E-state index contributed by atoms with van der Waals surface area (Å²) in [5, 5.41) is 5.26. The highest BCUT2D eigenvalue weighted by molar-refractivity contribution is 6.13. The topological polar surface area (TPSA) is 17.3 Å². The molecule has 1 aromatic heterocycles. The maximum Gasteiger partial charge on any atom is 0.0682 e. The van der Waals surface area contributed by atoms with Crippen LogP contribution in [0.2, 0.25) is 0 Å². The summed E-state index contributed by atoms with van der Waals surface area (Å²) >= 11 is 0. The number of benzene rings is 5. The molecular weight excluding hydrogens is 424 g/mol. The Morgan fingerprint density at radius 3 is 2.46 bits per heavy atom. The van der Waals surface area contributed by atoms with E-state index in [9.17, 15) is 0 Å². The molecule has 0 bridgehead atoms. The van der Waals surface area contributed by atoms with Gasteiger partial charge in [0, 0.05) is 34.4 Å². The largest absolute Gasteiger partial charge is 0.309 e. The minimum absolute atomic E-state index is 0.0477. The SMILES string of the molecule is CC1(C)c2cc3c4ccccc4n(-c4cccc5c4CC=N5)c3cc2-c2c1ccc1ccccc21. The molecule has 166 valence electrons. The molecule has 2 aliphatic rings. The van der Waals surface area contributed by atoms with Gasteiger partial charge in [-0.2, -0.15) is 0 Å². The normalized spacial score (nSPS) is 15.1. The van der Waals surface area contributed by atoms with Gasteiger partial charge in [-0.05, 0) is 63.4 Å². The lowest BCUT2D eigenvalue weighted by atomic mass is 9.81. The first-order valence-electron chi connectivity index (χ1n) is 12.4. The zero-order valence-corrected chi connectivity index (χ0v) is 19.8. The molecule has 0 radical (unpaired) electrons. The Bertz CT molecular complexity index is 1900. The van der Waals surface area contributed by atoms with Gasteiger partial charge in [-0.15, -0.1) is 0 Å². The number of nitrogens with zero attached hydrogens (tertiary/aromatic N) is 2. The maximum absolute atomic E-state index is 4.63. The highest BCUT2D eigenvalue weighted by Gasteiger charge is 2.37. The molecule has 0 spiro atoms. The molecule has 35 heavy (non-hydrogen) atoms. The third-order valence-electron chi connectivity index (χ3n) is 8.25. The summed E-state index contributed by atoms with van der Waals surface area (Å²) in [6, 6.07) is 33.7. The van der Waals surface area contributed by atoms with Gasteiger partial charge in [0.05, 0.1) is 22.4 Å². The number of fused-ring (bicyclic) bond motifs is 9. The van der Waals surface area contributed by atoms with Gasteiger partial charge < -0.3 is 4.57 Å². The van der Waals surface area contributed by atoms with Crippen molar-refractivity contribution in [3.63, 3.8) is 0 Å². The van der Waals surface area contributed by atoms with Crippen molar-refractivity contribution in [2.24, 2.45) is 4.99 Å². The first-order valence-corrected chi connectivity index (χ1v) is 12.4. The molecular formula is C33H24N2. The molecule has 0 unspecified atom stereocenters. The van der Waals surface area contributed by atoms with Crippen LogP contribution >= 0.6 is 0 Å². The molecule has 2 nitrogen and oxygen atoms in total. The number of aliphatic imine (C=N–C) groups is 1. The average Bonchev–Trinajstić information content (AvgIpc) is 3.55. The third kappa shape index (κ3) is 2.37. The number of hydrogen-bond donors (Lipinski definition) is 0. The van der Waals surface area contributed by atoms with Crippen molar-refractivity contribution in [2.45, 2.75) is 25.7 Å². The summed E-state index contributed by atoms with van der Waals surface area (Å²) in [5.41, 5.74) is 11.7. The van der Waals surface area contributed by atoms with Gasteiger partial charge in [0.15, 0.2) is 0 Å². The van der Waals surface area contributed by atoms with E-state index in [0.717, 1.165) is 12.1 Å². The van der Waals surface area contributed by atoms with E-state index in [0.29, 0.717) is 0 Å². The molecule has 1 aliphatic carbocycles. The van der Waals surface area contributed by atoms with E-state index >= 15 is 0 Å². The number of hydrogen-bond acceptors (Lipinski definition) is 1. The molecule has 6 aromatic rings. The van der Waals surface area contributed by atoms with E-state index in [4.69, 9.17) is 0 Å². The van der Waals surface area contributed by atoms with E-state index < -0.39 is 0 Å². The number of para-hydroxylation sites is 1. The van der Waals surface area contributed by atoms with Crippen LogP contribution in [0.3, 0.4) is 0 Å². The molecule has 0 N–H and O–H groups in total. The lowest BCUT2D eigenvalue weighted by molar-refractivity contribution is 0.661. The molecule has 0 amide bonds. The van der Waals surface area contributed by atoms with E-state index in [1.54, 1.807) is 0 Å². The van der Waals surface area contributed by atoms with Crippen LogP contribution in [0, 0.1) is 0 Å². The van der Waals surface area contributed by atoms with E-state index in [-0.39, 0.29) is 5.41 Å². The lowest BCUT2D eigenvalue weighted by Crippen LogP contribution is -2.14. The summed E-state index contributed by atoms with van der Waals surface area (Å²) in [5.74, 6) is 0. The van der Waals surface area contributed by atoms with E-state index in [1.807, 2.05) is 6.21 Å². The summed E-state index contributed by atoms with van der Waals surface area (Å²) in [4.78, 5) is 4.63. The Labute approximate surface area is 204 Å². The Kier molecular flexibility index (Phi) is 3.55. The van der Waals surface area contributed by atoms with Gasteiger partial charge in [0.1, 0.15) is 0 Å².